The number of carbonyl (C=O) groups is 1. The number of hydrogen-bond donors (Lipinski definition) is 1. The first-order valence-corrected chi connectivity index (χ1v) is 14.2. The highest BCUT2D eigenvalue weighted by atomic mass is 19.4. The first kappa shape index (κ1) is 30.4. The fourth-order valence-electron chi connectivity index (χ4n) is 7.31. The number of alkyl halides is 3. The number of hydrogen-bond acceptors (Lipinski definition) is 4. The highest BCUT2D eigenvalue weighted by Gasteiger charge is 2.56. The molecule has 2 fully saturated rings. The zero-order valence-electron chi connectivity index (χ0n) is 24.3. The molecule has 4 aliphatic carbocycles. The first-order chi connectivity index (χ1) is 18.7. The van der Waals surface area contributed by atoms with Gasteiger partial charge in [0.1, 0.15) is 12.1 Å². The van der Waals surface area contributed by atoms with Crippen molar-refractivity contribution in [2.45, 2.75) is 89.5 Å². The van der Waals surface area contributed by atoms with Gasteiger partial charge in [-0.15, -0.1) is 6.42 Å². The van der Waals surface area contributed by atoms with Gasteiger partial charge in [-0.2, -0.15) is 13.2 Å². The number of allylic oxidation sites excluding steroid dienone is 4. The zero-order chi connectivity index (χ0) is 29.5. The van der Waals surface area contributed by atoms with Gasteiger partial charge in [0.2, 0.25) is 0 Å². The Bertz CT molecular complexity index is 1210. The summed E-state index contributed by atoms with van der Waals surface area (Å²) in [6.45, 7) is 4.92. The molecule has 1 aromatic carbocycles. The minimum atomic E-state index is -4.25. The van der Waals surface area contributed by atoms with Gasteiger partial charge in [0.25, 0.3) is 0 Å². The van der Waals surface area contributed by atoms with Crippen LogP contribution in [-0.2, 0) is 9.53 Å². The molecule has 0 spiro atoms. The summed E-state index contributed by atoms with van der Waals surface area (Å²) in [6.07, 6.45) is 8.28. The topological polar surface area (TPSA) is 49.8 Å². The van der Waals surface area contributed by atoms with Crippen molar-refractivity contribution in [1.29, 1.82) is 0 Å². The second-order valence-corrected chi connectivity index (χ2v) is 12.6. The zero-order valence-corrected chi connectivity index (χ0v) is 24.3. The van der Waals surface area contributed by atoms with E-state index in [1.807, 2.05) is 32.1 Å². The number of methoxy groups -OCH3 is 1. The average molecular weight is 558 g/mol. The number of halogens is 3. The summed E-state index contributed by atoms with van der Waals surface area (Å²) in [6, 6.07) is 7.50. The number of fused-ring (bicyclic) bond motifs is 4. The van der Waals surface area contributed by atoms with Crippen LogP contribution >= 0.6 is 0 Å². The van der Waals surface area contributed by atoms with Gasteiger partial charge < -0.3 is 14.7 Å². The summed E-state index contributed by atoms with van der Waals surface area (Å²) in [5.74, 6) is 3.65. The molecule has 0 aromatic heterocycles. The fraction of sp³-hybridized carbons (Fsp3) is 0.606. The molecule has 0 heterocycles. The summed E-state index contributed by atoms with van der Waals surface area (Å²) < 4.78 is 43.4. The predicted octanol–water partition coefficient (Wildman–Crippen LogP) is 6.99. The molecule has 0 amide bonds. The van der Waals surface area contributed by atoms with Gasteiger partial charge in [-0.05, 0) is 105 Å². The molecule has 40 heavy (non-hydrogen) atoms. The number of rotatable bonds is 4. The largest absolute Gasteiger partial charge is 0.405 e. The molecule has 4 nitrogen and oxygen atoms in total. The standard InChI is InChI=1S/C27H32F3NO2.C6H10O/c1-26-14-22(16-3-6-18(7-4-16)31(2)15-27(28,29)30)25-20-10-8-19(32)13-17(20)5-9-21(25)23(26)11-12-24(26)33;1-5-6(2,3)7-4/h3-4,6-7,13,21-24,33H,5,8-12,14-15H2,1-2H3;1H,2-4H3. The number of carbonyl (C=O) groups excluding carboxylic acids is 1. The van der Waals surface area contributed by atoms with E-state index in [9.17, 15) is 23.1 Å². The molecule has 218 valence electrons. The van der Waals surface area contributed by atoms with Crippen LogP contribution in [0.3, 0.4) is 0 Å². The molecular weight excluding hydrogens is 515 g/mol. The lowest BCUT2D eigenvalue weighted by Gasteiger charge is -2.52. The van der Waals surface area contributed by atoms with E-state index in [0.717, 1.165) is 44.1 Å². The van der Waals surface area contributed by atoms with E-state index in [-0.39, 0.29) is 28.8 Å². The number of benzene rings is 1. The van der Waals surface area contributed by atoms with Crippen molar-refractivity contribution < 1.29 is 27.8 Å². The Hall–Kier alpha value is -2.56. The molecule has 0 radical (unpaired) electrons. The molecule has 1 aromatic rings. The van der Waals surface area contributed by atoms with Gasteiger partial charge >= 0.3 is 6.18 Å². The second-order valence-electron chi connectivity index (χ2n) is 12.6. The monoisotopic (exact) mass is 557 g/mol. The van der Waals surface area contributed by atoms with E-state index in [0.29, 0.717) is 23.9 Å². The molecule has 0 aliphatic heterocycles. The Balaban J connectivity index is 0.000000470. The van der Waals surface area contributed by atoms with Crippen molar-refractivity contribution in [3.05, 3.63) is 52.6 Å². The van der Waals surface area contributed by atoms with E-state index in [1.54, 1.807) is 19.2 Å². The lowest BCUT2D eigenvalue weighted by Crippen LogP contribution is -2.45. The van der Waals surface area contributed by atoms with Crippen LogP contribution in [0.5, 0.6) is 0 Å². The van der Waals surface area contributed by atoms with Crippen LogP contribution in [-0.4, -0.2) is 49.5 Å². The molecular formula is C33H42F3NO3. The van der Waals surface area contributed by atoms with E-state index in [2.05, 4.69) is 12.8 Å². The maximum absolute atomic E-state index is 12.8. The maximum Gasteiger partial charge on any atom is 0.405 e. The molecule has 2 saturated carbocycles. The van der Waals surface area contributed by atoms with E-state index < -0.39 is 12.7 Å². The Kier molecular flexibility index (Phi) is 8.64. The van der Waals surface area contributed by atoms with Crippen LogP contribution in [0.15, 0.2) is 47.1 Å². The number of nitrogens with zero attached hydrogens (tertiary/aromatic N) is 1. The lowest BCUT2D eigenvalue weighted by atomic mass is 9.53. The molecule has 1 N–H and O–H groups in total. The van der Waals surface area contributed by atoms with Gasteiger partial charge in [-0.3, -0.25) is 4.79 Å². The minimum Gasteiger partial charge on any atom is -0.393 e. The summed E-state index contributed by atoms with van der Waals surface area (Å²) in [5, 5.41) is 10.9. The highest BCUT2D eigenvalue weighted by molar-refractivity contribution is 5.93. The third-order valence-corrected chi connectivity index (χ3v) is 9.69. The van der Waals surface area contributed by atoms with Gasteiger partial charge in [0, 0.05) is 32.2 Å². The summed E-state index contributed by atoms with van der Waals surface area (Å²) >= 11 is 0. The lowest BCUT2D eigenvalue weighted by molar-refractivity contribution is -0.119. The quantitative estimate of drug-likeness (QED) is 0.406. The minimum absolute atomic E-state index is 0.123. The average Bonchev–Trinajstić information content (AvgIpc) is 3.21. The van der Waals surface area contributed by atoms with Crippen LogP contribution in [0.4, 0.5) is 18.9 Å². The Labute approximate surface area is 236 Å². The Morgan fingerprint density at radius 3 is 2.38 bits per heavy atom. The third kappa shape index (κ3) is 6.19. The van der Waals surface area contributed by atoms with Crippen molar-refractivity contribution >= 4 is 11.5 Å². The van der Waals surface area contributed by atoms with Crippen molar-refractivity contribution in [1.82, 2.24) is 0 Å². The molecule has 5 unspecified atom stereocenters. The number of ether oxygens (including phenoxy) is 1. The SMILES string of the molecule is C#CC(C)(C)OC.CN(CC(F)(F)F)c1ccc(C2CC3(C)C(O)CCC3C3CCC4=CC(=O)CCC4=C23)cc1. The molecule has 5 atom stereocenters. The molecule has 5 rings (SSSR count). The first-order valence-electron chi connectivity index (χ1n) is 14.2. The smallest absolute Gasteiger partial charge is 0.393 e. The summed E-state index contributed by atoms with van der Waals surface area (Å²) in [4.78, 5) is 13.3. The van der Waals surface area contributed by atoms with Crippen LogP contribution < -0.4 is 4.90 Å². The Morgan fingerprint density at radius 2 is 1.80 bits per heavy atom. The number of aliphatic hydroxyl groups excluding tert-OH is 1. The molecule has 7 heteroatoms. The fourth-order valence-corrected chi connectivity index (χ4v) is 7.31. The number of anilines is 1. The number of terminal acetylenes is 1. The number of aliphatic hydroxyl groups is 1. The summed E-state index contributed by atoms with van der Waals surface area (Å²) in [5.41, 5.74) is 5.07. The maximum atomic E-state index is 12.8. The van der Waals surface area contributed by atoms with Gasteiger partial charge in [0.05, 0.1) is 6.10 Å². The third-order valence-electron chi connectivity index (χ3n) is 9.69. The van der Waals surface area contributed by atoms with Crippen molar-refractivity contribution in [2.24, 2.45) is 17.3 Å². The second kappa shape index (κ2) is 11.4. The van der Waals surface area contributed by atoms with Crippen LogP contribution in [0.1, 0.15) is 77.2 Å². The molecule has 0 bridgehead atoms. The number of ketones is 1. The predicted molar refractivity (Wildman–Crippen MR) is 152 cm³/mol. The van der Waals surface area contributed by atoms with Gasteiger partial charge in [0.15, 0.2) is 5.78 Å². The normalized spacial score (nSPS) is 29.8. The van der Waals surface area contributed by atoms with E-state index in [1.165, 1.54) is 28.7 Å². The summed E-state index contributed by atoms with van der Waals surface area (Å²) in [7, 11) is 3.06. The van der Waals surface area contributed by atoms with Crippen LogP contribution in [0.2, 0.25) is 0 Å². The van der Waals surface area contributed by atoms with Gasteiger partial charge in [-0.1, -0.05) is 30.6 Å². The van der Waals surface area contributed by atoms with Crippen molar-refractivity contribution in [2.75, 3.05) is 25.6 Å². The van der Waals surface area contributed by atoms with Crippen molar-refractivity contribution in [3.8, 4) is 12.3 Å². The van der Waals surface area contributed by atoms with E-state index >= 15 is 0 Å². The van der Waals surface area contributed by atoms with Crippen LogP contribution in [0.25, 0.3) is 0 Å². The molecule has 0 saturated heterocycles. The van der Waals surface area contributed by atoms with Crippen LogP contribution in [0, 0.1) is 29.6 Å². The van der Waals surface area contributed by atoms with Gasteiger partial charge in [-0.25, -0.2) is 0 Å². The molecule has 4 aliphatic rings. The highest BCUT2D eigenvalue weighted by Crippen LogP contribution is 2.63. The Morgan fingerprint density at radius 1 is 1.12 bits per heavy atom. The van der Waals surface area contributed by atoms with Crippen molar-refractivity contribution in [3.63, 3.8) is 0 Å². The van der Waals surface area contributed by atoms with E-state index in [4.69, 9.17) is 11.2 Å².